The number of fused-ring (bicyclic) bond motifs is 1. The SMILES string of the molecule is O=C(Nc1ccc(Oc2ccnc3cc(Cc4ccc(C(=O)NCC(O)C(O)C(O)C(O)CO)cn4)sc23)c(F)c1)NC1CC1. The molecule has 0 saturated heterocycles. The summed E-state index contributed by atoms with van der Waals surface area (Å²) >= 11 is 1.40. The number of aliphatic hydroxyl groups excluding tert-OH is 5. The molecule has 1 aliphatic rings. The fourth-order valence-electron chi connectivity index (χ4n) is 4.32. The standard InChI is InChI=1S/C30H32FN5O8S/c31-20-10-18(36-30(43)35-16-3-4-16)5-6-24(20)44-25-7-8-32-21-11-19(45-28(21)25)9-17-2-1-15(12-33-17)29(42)34-13-22(38)26(40)27(41)23(39)14-37/h1-2,5-8,10-12,16,22-23,26-27,37-41H,3-4,9,13-14H2,(H,34,42)(H2,35,36,43). The van der Waals surface area contributed by atoms with E-state index in [0.717, 1.165) is 17.7 Å². The van der Waals surface area contributed by atoms with Gasteiger partial charge in [0.2, 0.25) is 0 Å². The highest BCUT2D eigenvalue weighted by atomic mass is 32.1. The van der Waals surface area contributed by atoms with Gasteiger partial charge in [-0.05, 0) is 43.2 Å². The molecule has 4 unspecified atom stereocenters. The molecule has 3 aromatic heterocycles. The number of hydrogen-bond acceptors (Lipinski definition) is 11. The normalized spacial score (nSPS) is 15.6. The van der Waals surface area contributed by atoms with Gasteiger partial charge in [0.05, 0.1) is 28.5 Å². The summed E-state index contributed by atoms with van der Waals surface area (Å²) in [6, 6.07) is 10.7. The van der Waals surface area contributed by atoms with Crippen LogP contribution in [0.15, 0.2) is 54.9 Å². The zero-order valence-electron chi connectivity index (χ0n) is 23.8. The van der Waals surface area contributed by atoms with Crippen molar-refractivity contribution in [3.8, 4) is 11.5 Å². The lowest BCUT2D eigenvalue weighted by molar-refractivity contribution is -0.113. The van der Waals surface area contributed by atoms with Crippen LogP contribution in [0.5, 0.6) is 11.5 Å². The number of ether oxygens (including phenoxy) is 1. The number of thiophene rings is 1. The minimum Gasteiger partial charge on any atom is -0.453 e. The summed E-state index contributed by atoms with van der Waals surface area (Å²) in [5.41, 5.74) is 1.80. The summed E-state index contributed by atoms with van der Waals surface area (Å²) in [6.07, 6.45) is -1.61. The van der Waals surface area contributed by atoms with Gasteiger partial charge in [-0.1, -0.05) is 0 Å². The number of urea groups is 1. The third-order valence-corrected chi connectivity index (χ3v) is 8.13. The van der Waals surface area contributed by atoms with E-state index in [1.807, 2.05) is 6.07 Å². The van der Waals surface area contributed by atoms with Crippen molar-refractivity contribution in [1.82, 2.24) is 20.6 Å². The van der Waals surface area contributed by atoms with E-state index in [0.29, 0.717) is 33.8 Å². The number of anilines is 1. The largest absolute Gasteiger partial charge is 0.453 e. The van der Waals surface area contributed by atoms with Crippen LogP contribution in [-0.2, 0) is 6.42 Å². The van der Waals surface area contributed by atoms with Crippen molar-refractivity contribution >= 4 is 39.2 Å². The number of halogens is 1. The third-order valence-electron chi connectivity index (χ3n) is 6.99. The van der Waals surface area contributed by atoms with Crippen molar-refractivity contribution in [2.24, 2.45) is 0 Å². The topological polar surface area (TPSA) is 206 Å². The molecular weight excluding hydrogens is 609 g/mol. The van der Waals surface area contributed by atoms with Crippen LogP contribution in [0.1, 0.15) is 33.8 Å². The number of nitrogens with zero attached hydrogens (tertiary/aromatic N) is 2. The maximum atomic E-state index is 14.8. The fraction of sp³-hybridized carbons (Fsp3) is 0.333. The number of carbonyl (C=O) groups is 2. The fourth-order valence-corrected chi connectivity index (χ4v) is 5.40. The van der Waals surface area contributed by atoms with Gasteiger partial charge in [-0.15, -0.1) is 11.3 Å². The Labute approximate surface area is 260 Å². The minimum atomic E-state index is -1.79. The van der Waals surface area contributed by atoms with Crippen molar-refractivity contribution in [1.29, 1.82) is 0 Å². The highest BCUT2D eigenvalue weighted by Gasteiger charge is 2.30. The van der Waals surface area contributed by atoms with Gasteiger partial charge in [0, 0.05) is 59.8 Å². The van der Waals surface area contributed by atoms with Crippen molar-refractivity contribution in [2.45, 2.75) is 49.7 Å². The lowest BCUT2D eigenvalue weighted by Gasteiger charge is -2.25. The first-order valence-electron chi connectivity index (χ1n) is 14.1. The first-order chi connectivity index (χ1) is 21.6. The number of nitrogens with one attached hydrogen (secondary N) is 3. The average Bonchev–Trinajstić information content (AvgIpc) is 3.75. The van der Waals surface area contributed by atoms with E-state index in [4.69, 9.17) is 9.84 Å². The van der Waals surface area contributed by atoms with Crippen LogP contribution in [-0.4, -0.2) is 91.0 Å². The Hall–Kier alpha value is -4.25. The Kier molecular flexibility index (Phi) is 10.2. The summed E-state index contributed by atoms with van der Waals surface area (Å²) in [7, 11) is 0. The van der Waals surface area contributed by atoms with E-state index in [2.05, 4.69) is 25.9 Å². The predicted octanol–water partition coefficient (Wildman–Crippen LogP) is 1.66. The number of rotatable bonds is 13. The first-order valence-corrected chi connectivity index (χ1v) is 14.9. The number of amides is 3. The summed E-state index contributed by atoms with van der Waals surface area (Å²) < 4.78 is 21.4. The lowest BCUT2D eigenvalue weighted by Crippen LogP contribution is -2.49. The molecule has 4 atom stereocenters. The van der Waals surface area contributed by atoms with Gasteiger partial charge in [-0.2, -0.15) is 0 Å². The van der Waals surface area contributed by atoms with E-state index in [1.54, 1.807) is 30.5 Å². The number of aliphatic hydroxyl groups is 5. The van der Waals surface area contributed by atoms with E-state index >= 15 is 0 Å². The second-order valence-corrected chi connectivity index (χ2v) is 11.7. The third kappa shape index (κ3) is 8.27. The maximum absolute atomic E-state index is 14.8. The molecule has 0 radical (unpaired) electrons. The number of hydrogen-bond donors (Lipinski definition) is 8. The Morgan fingerprint density at radius 3 is 2.47 bits per heavy atom. The van der Waals surface area contributed by atoms with Gasteiger partial charge in [-0.25, -0.2) is 9.18 Å². The summed E-state index contributed by atoms with van der Waals surface area (Å²) in [5, 5.41) is 55.7. The zero-order valence-corrected chi connectivity index (χ0v) is 24.6. The van der Waals surface area contributed by atoms with Crippen molar-refractivity contribution < 1.29 is 44.2 Å². The van der Waals surface area contributed by atoms with Crippen LogP contribution in [0.2, 0.25) is 0 Å². The molecule has 15 heteroatoms. The number of benzene rings is 1. The molecule has 1 aliphatic carbocycles. The van der Waals surface area contributed by atoms with Gasteiger partial charge in [-0.3, -0.25) is 14.8 Å². The molecule has 1 aromatic carbocycles. The molecule has 13 nitrogen and oxygen atoms in total. The second kappa shape index (κ2) is 14.2. The van der Waals surface area contributed by atoms with Crippen LogP contribution >= 0.6 is 11.3 Å². The van der Waals surface area contributed by atoms with Gasteiger partial charge in [0.25, 0.3) is 5.91 Å². The van der Waals surface area contributed by atoms with Crippen molar-refractivity contribution in [3.05, 3.63) is 76.8 Å². The molecule has 0 bridgehead atoms. The van der Waals surface area contributed by atoms with E-state index in [9.17, 15) is 34.4 Å². The number of aromatic nitrogens is 2. The smallest absolute Gasteiger partial charge is 0.319 e. The highest BCUT2D eigenvalue weighted by molar-refractivity contribution is 7.19. The molecule has 1 fully saturated rings. The molecule has 3 amide bonds. The van der Waals surface area contributed by atoms with Crippen LogP contribution in [0.3, 0.4) is 0 Å². The molecule has 5 rings (SSSR count). The first kappa shape index (κ1) is 32.2. The van der Waals surface area contributed by atoms with Gasteiger partial charge < -0.3 is 46.2 Å². The monoisotopic (exact) mass is 641 g/mol. The van der Waals surface area contributed by atoms with Crippen molar-refractivity contribution in [2.75, 3.05) is 18.5 Å². The summed E-state index contributed by atoms with van der Waals surface area (Å²) in [4.78, 5) is 34.0. The lowest BCUT2D eigenvalue weighted by atomic mass is 10.0. The van der Waals surface area contributed by atoms with Crippen molar-refractivity contribution in [3.63, 3.8) is 0 Å². The van der Waals surface area contributed by atoms with E-state index in [1.165, 1.54) is 29.7 Å². The molecule has 45 heavy (non-hydrogen) atoms. The van der Waals surface area contributed by atoms with Crippen LogP contribution in [0.25, 0.3) is 10.2 Å². The van der Waals surface area contributed by atoms with Gasteiger partial charge in [0.1, 0.15) is 24.1 Å². The Bertz CT molecular complexity index is 1650. The molecule has 1 saturated carbocycles. The quantitative estimate of drug-likeness (QED) is 0.106. The van der Waals surface area contributed by atoms with Crippen LogP contribution < -0.4 is 20.7 Å². The summed E-state index contributed by atoms with van der Waals surface area (Å²) in [5.74, 6) is -0.823. The predicted molar refractivity (Wildman–Crippen MR) is 162 cm³/mol. The Balaban J connectivity index is 1.18. The second-order valence-electron chi connectivity index (χ2n) is 10.6. The van der Waals surface area contributed by atoms with Gasteiger partial charge >= 0.3 is 6.03 Å². The average molecular weight is 642 g/mol. The highest BCUT2D eigenvalue weighted by Crippen LogP contribution is 2.36. The van der Waals surface area contributed by atoms with Crippen LogP contribution in [0.4, 0.5) is 14.9 Å². The Morgan fingerprint density at radius 2 is 1.78 bits per heavy atom. The van der Waals surface area contributed by atoms with Crippen LogP contribution in [0, 0.1) is 5.82 Å². The molecule has 3 heterocycles. The molecule has 0 spiro atoms. The molecular formula is C30H32FN5O8S. The zero-order chi connectivity index (χ0) is 32.1. The molecule has 238 valence electrons. The molecule has 4 aromatic rings. The van der Waals surface area contributed by atoms with E-state index in [-0.39, 0.29) is 23.4 Å². The summed E-state index contributed by atoms with van der Waals surface area (Å²) in [6.45, 7) is -1.23. The molecule has 8 N–H and O–H groups in total. The Morgan fingerprint density at radius 1 is 1.00 bits per heavy atom. The maximum Gasteiger partial charge on any atom is 0.319 e. The number of carbonyl (C=O) groups excluding carboxylic acids is 2. The van der Waals surface area contributed by atoms with Gasteiger partial charge in [0.15, 0.2) is 11.6 Å². The molecule has 0 aliphatic heterocycles. The van der Waals surface area contributed by atoms with E-state index < -0.39 is 49.3 Å². The number of pyridine rings is 2. The minimum absolute atomic E-state index is 0.0120.